The molecule has 7 heteroatoms. The van der Waals surface area contributed by atoms with Crippen molar-refractivity contribution in [1.29, 1.82) is 0 Å². The minimum absolute atomic E-state index is 0.135. The lowest BCUT2D eigenvalue weighted by molar-refractivity contribution is -0.131. The average Bonchev–Trinajstić information content (AvgIpc) is 2.75. The lowest BCUT2D eigenvalue weighted by Crippen LogP contribution is -2.50. The molecule has 1 fully saturated rings. The van der Waals surface area contributed by atoms with Gasteiger partial charge in [0.25, 0.3) is 5.56 Å². The average molecular weight is 377 g/mol. The number of carbonyl (C=O) groups excluding carboxylic acids is 1. The number of nitrogens with zero attached hydrogens (tertiary/aromatic N) is 5. The van der Waals surface area contributed by atoms with Gasteiger partial charge in [0.15, 0.2) is 5.82 Å². The quantitative estimate of drug-likeness (QED) is 0.691. The number of carbonyl (C=O) groups is 1. The van der Waals surface area contributed by atoms with E-state index in [0.717, 1.165) is 11.9 Å². The molecule has 1 aliphatic rings. The minimum atomic E-state index is -0.135. The normalized spacial score (nSPS) is 14.5. The minimum Gasteiger partial charge on any atom is -0.348 e. The third-order valence-corrected chi connectivity index (χ3v) is 5.26. The molecule has 1 aliphatic heterocycles. The van der Waals surface area contributed by atoms with Crippen LogP contribution in [-0.4, -0.2) is 51.5 Å². The van der Waals surface area contributed by atoms with Crippen molar-refractivity contribution in [2.45, 2.75) is 12.8 Å². The lowest BCUT2D eigenvalue weighted by Gasteiger charge is -2.35. The summed E-state index contributed by atoms with van der Waals surface area (Å²) in [6.45, 7) is 2.42. The first-order valence-corrected chi connectivity index (χ1v) is 9.51. The summed E-state index contributed by atoms with van der Waals surface area (Å²) in [6, 6.07) is 11.9. The highest BCUT2D eigenvalue weighted by Crippen LogP contribution is 2.15. The number of piperazine rings is 1. The molecule has 4 rings (SSSR count). The van der Waals surface area contributed by atoms with Crippen LogP contribution in [0.1, 0.15) is 12.0 Å². The molecule has 1 saturated heterocycles. The topological polar surface area (TPSA) is 71.3 Å². The summed E-state index contributed by atoms with van der Waals surface area (Å²) in [5, 5.41) is 0. The molecule has 3 aromatic rings. The van der Waals surface area contributed by atoms with Crippen molar-refractivity contribution in [3.63, 3.8) is 0 Å². The summed E-state index contributed by atoms with van der Waals surface area (Å²) in [5.41, 5.74) is 2.50. The third-order valence-electron chi connectivity index (χ3n) is 5.26. The van der Waals surface area contributed by atoms with E-state index in [-0.39, 0.29) is 11.5 Å². The van der Waals surface area contributed by atoms with Crippen LogP contribution in [0.2, 0.25) is 0 Å². The van der Waals surface area contributed by atoms with Crippen molar-refractivity contribution in [1.82, 2.24) is 19.4 Å². The Morgan fingerprint density at radius 1 is 1.07 bits per heavy atom. The molecule has 0 unspecified atom stereocenters. The predicted octanol–water partition coefficient (Wildman–Crippen LogP) is 1.61. The Morgan fingerprint density at radius 3 is 2.57 bits per heavy atom. The number of amides is 1. The second-order valence-electron chi connectivity index (χ2n) is 7.02. The number of anilines is 1. The number of aryl methyl sites for hydroxylation is 2. The lowest BCUT2D eigenvalue weighted by atomic mass is 10.1. The fourth-order valence-corrected chi connectivity index (χ4v) is 3.58. The Kier molecular flexibility index (Phi) is 5.06. The van der Waals surface area contributed by atoms with Gasteiger partial charge < -0.3 is 14.4 Å². The van der Waals surface area contributed by atoms with E-state index >= 15 is 0 Å². The number of hydrogen-bond donors (Lipinski definition) is 0. The van der Waals surface area contributed by atoms with Gasteiger partial charge in [0.2, 0.25) is 5.91 Å². The summed E-state index contributed by atoms with van der Waals surface area (Å²) in [7, 11) is 1.74. The monoisotopic (exact) mass is 377 g/mol. The molecule has 2 aromatic heterocycles. The molecule has 0 bridgehead atoms. The molecule has 144 valence electrons. The molecule has 0 radical (unpaired) electrons. The summed E-state index contributed by atoms with van der Waals surface area (Å²) in [4.78, 5) is 37.7. The molecular weight excluding hydrogens is 354 g/mol. The summed E-state index contributed by atoms with van der Waals surface area (Å²) in [6.07, 6.45) is 4.58. The van der Waals surface area contributed by atoms with Gasteiger partial charge in [0.1, 0.15) is 0 Å². The van der Waals surface area contributed by atoms with Crippen molar-refractivity contribution in [2.24, 2.45) is 7.05 Å². The van der Waals surface area contributed by atoms with E-state index in [9.17, 15) is 9.59 Å². The number of benzene rings is 1. The molecule has 0 spiro atoms. The van der Waals surface area contributed by atoms with Crippen LogP contribution >= 0.6 is 0 Å². The van der Waals surface area contributed by atoms with E-state index in [4.69, 9.17) is 0 Å². The van der Waals surface area contributed by atoms with E-state index in [1.807, 2.05) is 46.2 Å². The molecule has 3 heterocycles. The number of rotatable bonds is 4. The van der Waals surface area contributed by atoms with Gasteiger partial charge in [-0.25, -0.2) is 4.98 Å². The fraction of sp³-hybridized carbons (Fsp3) is 0.333. The molecule has 28 heavy (non-hydrogen) atoms. The van der Waals surface area contributed by atoms with Gasteiger partial charge in [-0.15, -0.1) is 0 Å². The van der Waals surface area contributed by atoms with E-state index < -0.39 is 0 Å². The van der Waals surface area contributed by atoms with Crippen LogP contribution in [0.4, 0.5) is 5.82 Å². The van der Waals surface area contributed by atoms with Gasteiger partial charge in [-0.2, -0.15) is 0 Å². The van der Waals surface area contributed by atoms with Crippen molar-refractivity contribution >= 4 is 22.8 Å². The van der Waals surface area contributed by atoms with Crippen LogP contribution in [-0.2, 0) is 18.3 Å². The zero-order valence-electron chi connectivity index (χ0n) is 15.9. The molecule has 0 aliphatic carbocycles. The maximum absolute atomic E-state index is 12.7. The fourth-order valence-electron chi connectivity index (χ4n) is 3.58. The first-order chi connectivity index (χ1) is 13.6. The molecule has 0 atom stereocenters. The third kappa shape index (κ3) is 3.60. The van der Waals surface area contributed by atoms with Crippen molar-refractivity contribution in [3.8, 4) is 0 Å². The summed E-state index contributed by atoms with van der Waals surface area (Å²) in [5.74, 6) is 0.603. The number of fused-ring (bicyclic) bond motifs is 1. The first kappa shape index (κ1) is 18.2. The molecule has 0 saturated carbocycles. The SMILES string of the molecule is Cn1c(=O)c(N2CCN(C(=O)CCc3ccccc3)CC2)nc2ccncc21. The van der Waals surface area contributed by atoms with Crippen LogP contribution in [0.15, 0.2) is 53.6 Å². The number of pyridine rings is 1. The van der Waals surface area contributed by atoms with Gasteiger partial charge >= 0.3 is 0 Å². The highest BCUT2D eigenvalue weighted by molar-refractivity contribution is 5.77. The molecule has 0 N–H and O–H groups in total. The molecular formula is C21H23N5O2. The summed E-state index contributed by atoms with van der Waals surface area (Å²) < 4.78 is 1.59. The van der Waals surface area contributed by atoms with Crippen molar-refractivity contribution < 1.29 is 4.79 Å². The smallest absolute Gasteiger partial charge is 0.293 e. The van der Waals surface area contributed by atoms with Gasteiger partial charge in [0.05, 0.1) is 17.2 Å². The standard InChI is InChI=1S/C21H23N5O2/c1-24-18-15-22-10-9-17(18)23-20(21(24)28)26-13-11-25(12-14-26)19(27)8-7-16-5-3-2-4-6-16/h2-6,9-10,15H,7-8,11-14H2,1H3. The Morgan fingerprint density at radius 2 is 1.82 bits per heavy atom. The van der Waals surface area contributed by atoms with Gasteiger partial charge in [0, 0.05) is 45.8 Å². The van der Waals surface area contributed by atoms with E-state index in [0.29, 0.717) is 43.9 Å². The first-order valence-electron chi connectivity index (χ1n) is 9.51. The maximum atomic E-state index is 12.7. The van der Waals surface area contributed by atoms with E-state index in [1.54, 1.807) is 24.0 Å². The Hall–Kier alpha value is -3.22. The van der Waals surface area contributed by atoms with Gasteiger partial charge in [-0.05, 0) is 18.1 Å². The highest BCUT2D eigenvalue weighted by atomic mass is 16.2. The zero-order chi connectivity index (χ0) is 19.5. The largest absolute Gasteiger partial charge is 0.348 e. The highest BCUT2D eigenvalue weighted by Gasteiger charge is 2.24. The maximum Gasteiger partial charge on any atom is 0.293 e. The second-order valence-corrected chi connectivity index (χ2v) is 7.02. The predicted molar refractivity (Wildman–Crippen MR) is 108 cm³/mol. The van der Waals surface area contributed by atoms with Crippen LogP contribution in [0.3, 0.4) is 0 Å². The van der Waals surface area contributed by atoms with E-state index in [2.05, 4.69) is 9.97 Å². The molecule has 1 aromatic carbocycles. The van der Waals surface area contributed by atoms with Crippen LogP contribution < -0.4 is 10.5 Å². The Balaban J connectivity index is 1.41. The second kappa shape index (κ2) is 7.80. The van der Waals surface area contributed by atoms with Gasteiger partial charge in [-0.3, -0.25) is 14.6 Å². The number of hydrogen-bond acceptors (Lipinski definition) is 5. The van der Waals surface area contributed by atoms with E-state index in [1.165, 1.54) is 5.56 Å². The number of aromatic nitrogens is 3. The van der Waals surface area contributed by atoms with Crippen LogP contribution in [0.25, 0.3) is 11.0 Å². The van der Waals surface area contributed by atoms with Crippen molar-refractivity contribution in [3.05, 3.63) is 64.7 Å². The Bertz CT molecular complexity index is 1040. The zero-order valence-corrected chi connectivity index (χ0v) is 15.9. The molecule has 7 nitrogen and oxygen atoms in total. The van der Waals surface area contributed by atoms with Crippen LogP contribution in [0.5, 0.6) is 0 Å². The Labute approximate surface area is 163 Å². The van der Waals surface area contributed by atoms with Gasteiger partial charge in [-0.1, -0.05) is 30.3 Å². The summed E-state index contributed by atoms with van der Waals surface area (Å²) >= 11 is 0. The van der Waals surface area contributed by atoms with Crippen molar-refractivity contribution in [2.75, 3.05) is 31.1 Å². The molecule has 1 amide bonds. The van der Waals surface area contributed by atoms with Crippen LogP contribution in [0, 0.1) is 0 Å².